The minimum atomic E-state index is -3.66. The van der Waals surface area contributed by atoms with Gasteiger partial charge < -0.3 is 10.2 Å². The molecule has 0 aliphatic carbocycles. The van der Waals surface area contributed by atoms with Crippen LogP contribution < -0.4 is 0 Å². The van der Waals surface area contributed by atoms with Gasteiger partial charge in [-0.25, -0.2) is 8.42 Å². The normalized spacial score (nSPS) is 19.2. The van der Waals surface area contributed by atoms with Crippen molar-refractivity contribution in [3.8, 4) is 11.8 Å². The summed E-state index contributed by atoms with van der Waals surface area (Å²) in [7, 11) is -3.66. The molecule has 1 atom stereocenters. The minimum Gasteiger partial charge on any atom is -0.395 e. The fourth-order valence-corrected chi connectivity index (χ4v) is 3.97. The first-order valence-corrected chi connectivity index (χ1v) is 8.21. The smallest absolute Gasteiger partial charge is 0.244 e. The Labute approximate surface area is 124 Å². The molecule has 21 heavy (non-hydrogen) atoms. The SMILES string of the molecule is O=S(=O)(c1cncc(C#CCCO)c1)N1CCCC1CO. The summed E-state index contributed by atoms with van der Waals surface area (Å²) in [5, 5.41) is 18.0. The minimum absolute atomic E-state index is 0.0373. The molecule has 1 aliphatic heterocycles. The summed E-state index contributed by atoms with van der Waals surface area (Å²) >= 11 is 0. The lowest BCUT2D eigenvalue weighted by atomic mass is 10.2. The van der Waals surface area contributed by atoms with Gasteiger partial charge in [0, 0.05) is 37.0 Å². The summed E-state index contributed by atoms with van der Waals surface area (Å²) in [6, 6.07) is 1.11. The number of aliphatic hydroxyl groups is 2. The Hall–Kier alpha value is -1.46. The molecule has 114 valence electrons. The molecule has 0 saturated carbocycles. The molecule has 2 heterocycles. The molecule has 1 aromatic rings. The lowest BCUT2D eigenvalue weighted by molar-refractivity contribution is 0.213. The van der Waals surface area contributed by atoms with E-state index in [2.05, 4.69) is 16.8 Å². The number of nitrogens with zero attached hydrogens (tertiary/aromatic N) is 2. The van der Waals surface area contributed by atoms with E-state index in [0.29, 0.717) is 24.9 Å². The summed E-state index contributed by atoms with van der Waals surface area (Å²) in [4.78, 5) is 4.00. The molecule has 1 aliphatic rings. The van der Waals surface area contributed by atoms with Crippen molar-refractivity contribution < 1.29 is 18.6 Å². The van der Waals surface area contributed by atoms with Gasteiger partial charge in [-0.15, -0.1) is 0 Å². The fourth-order valence-electron chi connectivity index (χ4n) is 2.29. The van der Waals surface area contributed by atoms with Gasteiger partial charge in [0.2, 0.25) is 10.0 Å². The molecule has 0 aromatic carbocycles. The van der Waals surface area contributed by atoms with Crippen LogP contribution in [0.5, 0.6) is 0 Å². The molecule has 1 saturated heterocycles. The van der Waals surface area contributed by atoms with E-state index in [9.17, 15) is 13.5 Å². The van der Waals surface area contributed by atoms with Crippen LogP contribution in [0.25, 0.3) is 0 Å². The summed E-state index contributed by atoms with van der Waals surface area (Å²) in [5.41, 5.74) is 0.490. The highest BCUT2D eigenvalue weighted by molar-refractivity contribution is 7.89. The van der Waals surface area contributed by atoms with E-state index in [1.54, 1.807) is 0 Å². The van der Waals surface area contributed by atoms with Crippen molar-refractivity contribution in [1.82, 2.24) is 9.29 Å². The maximum Gasteiger partial charge on any atom is 0.244 e. The van der Waals surface area contributed by atoms with Crippen molar-refractivity contribution in [1.29, 1.82) is 0 Å². The Bertz CT molecular complexity index is 648. The van der Waals surface area contributed by atoms with Crippen LogP contribution in [-0.4, -0.2) is 53.7 Å². The first-order chi connectivity index (χ1) is 10.1. The molecular weight excluding hydrogens is 292 g/mol. The molecule has 7 heteroatoms. The van der Waals surface area contributed by atoms with Crippen LogP contribution in [0.3, 0.4) is 0 Å². The molecule has 0 radical (unpaired) electrons. The molecule has 1 aromatic heterocycles. The molecule has 1 fully saturated rings. The molecule has 0 spiro atoms. The van der Waals surface area contributed by atoms with Crippen LogP contribution in [0.2, 0.25) is 0 Å². The van der Waals surface area contributed by atoms with Crippen LogP contribution in [0, 0.1) is 11.8 Å². The zero-order valence-electron chi connectivity index (χ0n) is 11.6. The van der Waals surface area contributed by atoms with Gasteiger partial charge in [-0.2, -0.15) is 4.31 Å². The molecule has 2 N–H and O–H groups in total. The zero-order chi connectivity index (χ0) is 15.3. The van der Waals surface area contributed by atoms with Crippen molar-refractivity contribution in [2.45, 2.75) is 30.2 Å². The Balaban J connectivity index is 2.29. The van der Waals surface area contributed by atoms with Crippen LogP contribution >= 0.6 is 0 Å². The summed E-state index contributed by atoms with van der Waals surface area (Å²) < 4.78 is 26.5. The van der Waals surface area contributed by atoms with Crippen LogP contribution in [0.1, 0.15) is 24.8 Å². The molecule has 6 nitrogen and oxygen atoms in total. The predicted molar refractivity (Wildman–Crippen MR) is 76.8 cm³/mol. The van der Waals surface area contributed by atoms with Gasteiger partial charge in [-0.05, 0) is 18.9 Å². The van der Waals surface area contributed by atoms with Gasteiger partial charge in [0.25, 0.3) is 0 Å². The third-order valence-electron chi connectivity index (χ3n) is 3.32. The lowest BCUT2D eigenvalue weighted by Gasteiger charge is -2.22. The van der Waals surface area contributed by atoms with Gasteiger partial charge >= 0.3 is 0 Å². The second kappa shape index (κ2) is 7.00. The van der Waals surface area contributed by atoms with E-state index < -0.39 is 10.0 Å². The van der Waals surface area contributed by atoms with Crippen molar-refractivity contribution in [2.24, 2.45) is 0 Å². The highest BCUT2D eigenvalue weighted by Gasteiger charge is 2.35. The number of hydrogen-bond acceptors (Lipinski definition) is 5. The maximum atomic E-state index is 12.6. The zero-order valence-corrected chi connectivity index (χ0v) is 12.4. The van der Waals surface area contributed by atoms with Gasteiger partial charge in [0.15, 0.2) is 0 Å². The van der Waals surface area contributed by atoms with Crippen molar-refractivity contribution in [3.05, 3.63) is 24.0 Å². The standard InChI is InChI=1S/C14H18N2O4S/c17-7-2-1-4-12-8-14(10-15-9-12)21(19,20)16-6-3-5-13(16)11-18/h8-10,13,17-18H,2-3,5-7,11H2. The van der Waals surface area contributed by atoms with Gasteiger partial charge in [0.1, 0.15) is 4.90 Å². The van der Waals surface area contributed by atoms with Crippen molar-refractivity contribution in [3.63, 3.8) is 0 Å². The lowest BCUT2D eigenvalue weighted by Crippen LogP contribution is -2.37. The molecule has 2 rings (SSSR count). The molecule has 0 amide bonds. The monoisotopic (exact) mass is 310 g/mol. The Morgan fingerprint density at radius 3 is 2.90 bits per heavy atom. The average molecular weight is 310 g/mol. The van der Waals surface area contributed by atoms with E-state index in [1.165, 1.54) is 22.8 Å². The summed E-state index contributed by atoms with van der Waals surface area (Å²) in [6.07, 6.45) is 4.51. The Kier molecular flexibility index (Phi) is 5.31. The van der Waals surface area contributed by atoms with Gasteiger partial charge in [0.05, 0.1) is 13.2 Å². The third-order valence-corrected chi connectivity index (χ3v) is 5.24. The first-order valence-electron chi connectivity index (χ1n) is 6.77. The van der Waals surface area contributed by atoms with E-state index in [-0.39, 0.29) is 24.2 Å². The Morgan fingerprint density at radius 1 is 1.38 bits per heavy atom. The maximum absolute atomic E-state index is 12.6. The number of rotatable bonds is 4. The van der Waals surface area contributed by atoms with E-state index in [1.807, 2.05) is 0 Å². The number of aliphatic hydroxyl groups excluding tert-OH is 2. The molecule has 0 bridgehead atoms. The highest BCUT2D eigenvalue weighted by Crippen LogP contribution is 2.25. The number of pyridine rings is 1. The quantitative estimate of drug-likeness (QED) is 0.762. The number of aromatic nitrogens is 1. The largest absolute Gasteiger partial charge is 0.395 e. The second-order valence-electron chi connectivity index (χ2n) is 4.78. The topological polar surface area (TPSA) is 90.7 Å². The van der Waals surface area contributed by atoms with E-state index >= 15 is 0 Å². The van der Waals surface area contributed by atoms with Gasteiger partial charge in [-0.3, -0.25) is 4.98 Å². The third kappa shape index (κ3) is 3.60. The van der Waals surface area contributed by atoms with E-state index in [0.717, 1.165) is 6.42 Å². The van der Waals surface area contributed by atoms with E-state index in [4.69, 9.17) is 5.11 Å². The summed E-state index contributed by atoms with van der Waals surface area (Å²) in [6.45, 7) is 0.195. The predicted octanol–water partition coefficient (Wildman–Crippen LogP) is -0.0391. The molecular formula is C14H18N2O4S. The van der Waals surface area contributed by atoms with Gasteiger partial charge in [-0.1, -0.05) is 11.8 Å². The first kappa shape index (κ1) is 15.9. The fraction of sp³-hybridized carbons (Fsp3) is 0.500. The number of sulfonamides is 1. The van der Waals surface area contributed by atoms with Crippen LogP contribution in [0.15, 0.2) is 23.4 Å². The van der Waals surface area contributed by atoms with Crippen molar-refractivity contribution in [2.75, 3.05) is 19.8 Å². The number of hydrogen-bond donors (Lipinski definition) is 2. The Morgan fingerprint density at radius 2 is 2.19 bits per heavy atom. The second-order valence-corrected chi connectivity index (χ2v) is 6.67. The van der Waals surface area contributed by atoms with Crippen LogP contribution in [-0.2, 0) is 10.0 Å². The van der Waals surface area contributed by atoms with Crippen molar-refractivity contribution >= 4 is 10.0 Å². The van der Waals surface area contributed by atoms with Crippen LogP contribution in [0.4, 0.5) is 0 Å². The summed E-state index contributed by atoms with van der Waals surface area (Å²) in [5.74, 6) is 5.50. The molecule has 1 unspecified atom stereocenters. The average Bonchev–Trinajstić information content (AvgIpc) is 2.97. The highest BCUT2D eigenvalue weighted by atomic mass is 32.2.